The van der Waals surface area contributed by atoms with Crippen LogP contribution in [0.25, 0.3) is 0 Å². The summed E-state index contributed by atoms with van der Waals surface area (Å²) in [5.74, 6) is 0.794. The van der Waals surface area contributed by atoms with E-state index in [9.17, 15) is 12.9 Å². The Labute approximate surface area is 114 Å². The summed E-state index contributed by atoms with van der Waals surface area (Å²) in [6.45, 7) is -4.80. The molecule has 0 saturated heterocycles. The van der Waals surface area contributed by atoms with E-state index in [1.165, 1.54) is 19.2 Å². The van der Waals surface area contributed by atoms with Crippen molar-refractivity contribution in [3.05, 3.63) is 48.2 Å². The Balaban J connectivity index is 2.04. The Morgan fingerprint density at radius 1 is 1.10 bits per heavy atom. The van der Waals surface area contributed by atoms with Crippen LogP contribution in [-0.2, 0) is 6.61 Å². The standard InChI is InChI=1S/C13H12BF3NO2/c1-19-13-10(3-2-8-18-13)9-20-12-6-4-11(5-7-12)14(15,16)17/h2-8H,9H2,1H3/q-1. The highest BCUT2D eigenvalue weighted by Gasteiger charge is 2.24. The zero-order chi connectivity index (χ0) is 14.6. The molecule has 1 heterocycles. The molecule has 1 aromatic heterocycles. The molecule has 0 spiro atoms. The maximum absolute atomic E-state index is 12.5. The minimum absolute atomic E-state index is 0.174. The van der Waals surface area contributed by atoms with Crippen LogP contribution in [0.2, 0.25) is 0 Å². The van der Waals surface area contributed by atoms with Crippen molar-refractivity contribution in [2.45, 2.75) is 6.61 Å². The van der Waals surface area contributed by atoms with Crippen LogP contribution < -0.4 is 14.9 Å². The third-order valence-electron chi connectivity index (χ3n) is 2.70. The average Bonchev–Trinajstić information content (AvgIpc) is 2.45. The summed E-state index contributed by atoms with van der Waals surface area (Å²) in [6.07, 6.45) is 1.59. The lowest BCUT2D eigenvalue weighted by atomic mass is 9.80. The predicted octanol–water partition coefficient (Wildman–Crippen LogP) is 2.72. The molecule has 0 aliphatic heterocycles. The van der Waals surface area contributed by atoms with Crippen molar-refractivity contribution in [2.75, 3.05) is 7.11 Å². The highest BCUT2D eigenvalue weighted by Crippen LogP contribution is 2.18. The topological polar surface area (TPSA) is 31.4 Å². The van der Waals surface area contributed by atoms with Crippen molar-refractivity contribution in [3.63, 3.8) is 0 Å². The zero-order valence-electron chi connectivity index (χ0n) is 10.7. The van der Waals surface area contributed by atoms with Crippen LogP contribution in [0, 0.1) is 0 Å². The largest absolute Gasteiger partial charge is 0.509 e. The van der Waals surface area contributed by atoms with Crippen LogP contribution >= 0.6 is 0 Å². The lowest BCUT2D eigenvalue weighted by Gasteiger charge is -2.15. The molecule has 2 rings (SSSR count). The zero-order valence-corrected chi connectivity index (χ0v) is 10.7. The molecule has 7 heteroatoms. The van der Waals surface area contributed by atoms with E-state index < -0.39 is 12.4 Å². The molecule has 106 valence electrons. The van der Waals surface area contributed by atoms with Crippen molar-refractivity contribution in [1.82, 2.24) is 4.98 Å². The lowest BCUT2D eigenvalue weighted by Crippen LogP contribution is -2.33. The number of ether oxygens (including phenoxy) is 2. The molecule has 3 nitrogen and oxygen atoms in total. The molecule has 0 aliphatic carbocycles. The van der Waals surface area contributed by atoms with Gasteiger partial charge in [0.2, 0.25) is 5.88 Å². The van der Waals surface area contributed by atoms with Gasteiger partial charge in [-0.2, -0.15) is 0 Å². The second-order valence-electron chi connectivity index (χ2n) is 4.10. The van der Waals surface area contributed by atoms with Gasteiger partial charge in [0.05, 0.1) is 12.7 Å². The fraction of sp³-hybridized carbons (Fsp3) is 0.154. The van der Waals surface area contributed by atoms with Crippen LogP contribution in [0.1, 0.15) is 5.56 Å². The van der Waals surface area contributed by atoms with Gasteiger partial charge in [-0.25, -0.2) is 4.98 Å². The Bertz CT molecular complexity index is 573. The fourth-order valence-electron chi connectivity index (χ4n) is 1.66. The van der Waals surface area contributed by atoms with E-state index in [0.717, 1.165) is 17.7 Å². The molecular formula is C13H12BF3NO2-. The predicted molar refractivity (Wildman–Crippen MR) is 70.3 cm³/mol. The second kappa shape index (κ2) is 5.86. The van der Waals surface area contributed by atoms with Gasteiger partial charge in [0, 0.05) is 6.20 Å². The number of aromatic nitrogens is 1. The van der Waals surface area contributed by atoms with E-state index in [1.54, 1.807) is 18.3 Å². The highest BCUT2D eigenvalue weighted by atomic mass is 19.4. The molecule has 0 aliphatic rings. The number of methoxy groups -OCH3 is 1. The lowest BCUT2D eigenvalue weighted by molar-refractivity contribution is 0.294. The van der Waals surface area contributed by atoms with Gasteiger partial charge in [-0.15, -0.1) is 5.46 Å². The van der Waals surface area contributed by atoms with Gasteiger partial charge in [0.25, 0.3) is 0 Å². The maximum atomic E-state index is 12.5. The third kappa shape index (κ3) is 3.43. The Morgan fingerprint density at radius 3 is 2.40 bits per heavy atom. The van der Waals surface area contributed by atoms with E-state index in [1.807, 2.05) is 0 Å². The van der Waals surface area contributed by atoms with Gasteiger partial charge in [-0.1, -0.05) is 12.1 Å². The molecule has 0 unspecified atom stereocenters. The number of pyridine rings is 1. The van der Waals surface area contributed by atoms with Crippen LogP contribution in [0.4, 0.5) is 12.9 Å². The number of rotatable bonds is 5. The Kier molecular flexibility index (Phi) is 4.17. The average molecular weight is 282 g/mol. The molecule has 2 aromatic rings. The smallest absolute Gasteiger partial charge is 0.489 e. The van der Waals surface area contributed by atoms with Crippen LogP contribution in [-0.4, -0.2) is 19.1 Å². The summed E-state index contributed by atoms with van der Waals surface area (Å²) in [5, 5.41) is 0. The normalized spacial score (nSPS) is 11.2. The van der Waals surface area contributed by atoms with E-state index in [2.05, 4.69) is 4.98 Å². The first-order valence-electron chi connectivity index (χ1n) is 5.91. The monoisotopic (exact) mass is 282 g/mol. The van der Waals surface area contributed by atoms with E-state index in [4.69, 9.17) is 9.47 Å². The molecule has 0 N–H and O–H groups in total. The van der Waals surface area contributed by atoms with Gasteiger partial charge in [0.1, 0.15) is 12.4 Å². The molecule has 0 saturated carbocycles. The van der Waals surface area contributed by atoms with Crippen LogP contribution in [0.5, 0.6) is 11.6 Å². The summed E-state index contributed by atoms with van der Waals surface area (Å²) in [6, 6.07) is 8.13. The number of halogens is 3. The molecule has 0 amide bonds. The minimum Gasteiger partial charge on any atom is -0.489 e. The number of hydrogen-bond donors (Lipinski definition) is 0. The highest BCUT2D eigenvalue weighted by molar-refractivity contribution is 6.73. The number of nitrogens with zero attached hydrogens (tertiary/aromatic N) is 1. The summed E-state index contributed by atoms with van der Waals surface area (Å²) < 4.78 is 47.9. The second-order valence-corrected chi connectivity index (χ2v) is 4.10. The van der Waals surface area contributed by atoms with Crippen molar-refractivity contribution < 1.29 is 22.4 Å². The third-order valence-corrected chi connectivity index (χ3v) is 2.70. The quantitative estimate of drug-likeness (QED) is 0.790. The van der Waals surface area contributed by atoms with E-state index in [0.29, 0.717) is 11.6 Å². The van der Waals surface area contributed by atoms with Crippen LogP contribution in [0.3, 0.4) is 0 Å². The minimum atomic E-state index is -4.97. The fourth-order valence-corrected chi connectivity index (χ4v) is 1.66. The van der Waals surface area contributed by atoms with Gasteiger partial charge < -0.3 is 22.4 Å². The van der Waals surface area contributed by atoms with Crippen molar-refractivity contribution in [2.24, 2.45) is 0 Å². The summed E-state index contributed by atoms with van der Waals surface area (Å²) in [7, 11) is 1.49. The summed E-state index contributed by atoms with van der Waals surface area (Å²) >= 11 is 0. The van der Waals surface area contributed by atoms with Crippen molar-refractivity contribution >= 4 is 12.4 Å². The SMILES string of the molecule is COc1ncccc1COc1ccc([B-](F)(F)F)cc1. The molecule has 0 bridgehead atoms. The molecule has 0 atom stereocenters. The van der Waals surface area contributed by atoms with Crippen molar-refractivity contribution in [1.29, 1.82) is 0 Å². The van der Waals surface area contributed by atoms with Crippen molar-refractivity contribution in [3.8, 4) is 11.6 Å². The maximum Gasteiger partial charge on any atom is 0.509 e. The first-order chi connectivity index (χ1) is 9.50. The Hall–Kier alpha value is -2.18. The van der Waals surface area contributed by atoms with E-state index >= 15 is 0 Å². The summed E-state index contributed by atoms with van der Waals surface area (Å²) in [5.41, 5.74) is 0.0791. The molecule has 0 radical (unpaired) electrons. The van der Waals surface area contributed by atoms with Gasteiger partial charge in [0.15, 0.2) is 0 Å². The molecule has 0 fully saturated rings. The molecule has 1 aromatic carbocycles. The van der Waals surface area contributed by atoms with Gasteiger partial charge >= 0.3 is 6.98 Å². The van der Waals surface area contributed by atoms with Gasteiger partial charge in [-0.3, -0.25) is 0 Å². The Morgan fingerprint density at radius 2 is 1.80 bits per heavy atom. The van der Waals surface area contributed by atoms with Crippen LogP contribution in [0.15, 0.2) is 42.6 Å². The van der Waals surface area contributed by atoms with E-state index in [-0.39, 0.29) is 6.61 Å². The van der Waals surface area contributed by atoms with Gasteiger partial charge in [-0.05, 0) is 24.3 Å². The first kappa shape index (κ1) is 14.2. The number of benzene rings is 1. The summed E-state index contributed by atoms with van der Waals surface area (Å²) in [4.78, 5) is 4.01. The molecule has 20 heavy (non-hydrogen) atoms. The number of hydrogen-bond acceptors (Lipinski definition) is 3. The first-order valence-corrected chi connectivity index (χ1v) is 5.91. The molecular weight excluding hydrogens is 270 g/mol.